The molecule has 0 aromatic carbocycles. The third kappa shape index (κ3) is 3.28. The quantitative estimate of drug-likeness (QED) is 0.477. The van der Waals surface area contributed by atoms with Gasteiger partial charge in [-0.05, 0) is 24.2 Å². The molecule has 0 saturated carbocycles. The second kappa shape index (κ2) is 5.40. The summed E-state index contributed by atoms with van der Waals surface area (Å²) in [7, 11) is 0. The van der Waals surface area contributed by atoms with Crippen molar-refractivity contribution in [1.29, 1.82) is 0 Å². The number of hydrogen-bond donors (Lipinski definition) is 1. The van der Waals surface area contributed by atoms with Crippen molar-refractivity contribution in [3.8, 4) is 0 Å². The van der Waals surface area contributed by atoms with Crippen LogP contribution in [0.5, 0.6) is 0 Å². The first-order valence-corrected chi connectivity index (χ1v) is 5.40. The van der Waals surface area contributed by atoms with Gasteiger partial charge in [0.05, 0.1) is 4.92 Å². The molecule has 1 heterocycles. The first-order valence-electron chi connectivity index (χ1n) is 4.59. The first kappa shape index (κ1) is 11.6. The number of anilines is 1. The van der Waals surface area contributed by atoms with Crippen molar-refractivity contribution in [3.05, 3.63) is 16.3 Å². The Morgan fingerprint density at radius 3 is 2.80 bits per heavy atom. The Kier molecular flexibility index (Phi) is 4.17. The van der Waals surface area contributed by atoms with Crippen LogP contribution in [0.1, 0.15) is 26.7 Å². The lowest BCUT2D eigenvalue weighted by atomic mass is 10.2. The van der Waals surface area contributed by atoms with Gasteiger partial charge in [0, 0.05) is 5.71 Å². The van der Waals surface area contributed by atoms with Gasteiger partial charge in [-0.15, -0.1) is 0 Å². The zero-order chi connectivity index (χ0) is 11.3. The second-order valence-electron chi connectivity index (χ2n) is 2.76. The SMILES string of the molecule is CCC(CC)=NNc1ncc([N+](=O)[O-])s1. The van der Waals surface area contributed by atoms with E-state index in [4.69, 9.17) is 0 Å². The maximum atomic E-state index is 10.4. The van der Waals surface area contributed by atoms with Crippen molar-refractivity contribution >= 4 is 27.2 Å². The van der Waals surface area contributed by atoms with Gasteiger partial charge in [-0.1, -0.05) is 13.8 Å². The van der Waals surface area contributed by atoms with E-state index in [1.807, 2.05) is 13.8 Å². The van der Waals surface area contributed by atoms with Crippen molar-refractivity contribution in [2.24, 2.45) is 5.10 Å². The van der Waals surface area contributed by atoms with E-state index < -0.39 is 4.92 Å². The molecule has 7 heteroatoms. The van der Waals surface area contributed by atoms with Gasteiger partial charge in [-0.3, -0.25) is 15.5 Å². The molecule has 1 aromatic rings. The van der Waals surface area contributed by atoms with Gasteiger partial charge < -0.3 is 0 Å². The van der Waals surface area contributed by atoms with Crippen LogP contribution in [-0.2, 0) is 0 Å². The highest BCUT2D eigenvalue weighted by atomic mass is 32.1. The number of rotatable bonds is 5. The van der Waals surface area contributed by atoms with Gasteiger partial charge in [-0.25, -0.2) is 4.98 Å². The average Bonchev–Trinajstić information content (AvgIpc) is 2.68. The molecule has 0 atom stereocenters. The van der Waals surface area contributed by atoms with Crippen LogP contribution in [0.3, 0.4) is 0 Å². The van der Waals surface area contributed by atoms with E-state index in [1.54, 1.807) is 0 Å². The summed E-state index contributed by atoms with van der Waals surface area (Å²) < 4.78 is 0. The van der Waals surface area contributed by atoms with Crippen molar-refractivity contribution in [2.75, 3.05) is 5.43 Å². The molecule has 0 fully saturated rings. The van der Waals surface area contributed by atoms with Crippen LogP contribution < -0.4 is 5.43 Å². The van der Waals surface area contributed by atoms with E-state index in [9.17, 15) is 10.1 Å². The number of thiazole rings is 1. The maximum Gasteiger partial charge on any atom is 0.345 e. The summed E-state index contributed by atoms with van der Waals surface area (Å²) in [6.45, 7) is 4.02. The molecular weight excluding hydrogens is 216 g/mol. The minimum absolute atomic E-state index is 0.0160. The summed E-state index contributed by atoms with van der Waals surface area (Å²) in [5, 5.41) is 14.9. The Morgan fingerprint density at radius 1 is 1.67 bits per heavy atom. The lowest BCUT2D eigenvalue weighted by molar-refractivity contribution is -0.380. The molecule has 0 amide bonds. The van der Waals surface area contributed by atoms with Crippen LogP contribution in [0.2, 0.25) is 0 Å². The second-order valence-corrected chi connectivity index (χ2v) is 3.77. The van der Waals surface area contributed by atoms with Crippen LogP contribution in [0.15, 0.2) is 11.3 Å². The van der Waals surface area contributed by atoms with Gasteiger partial charge in [0.2, 0.25) is 5.13 Å². The summed E-state index contributed by atoms with van der Waals surface area (Å²) in [4.78, 5) is 13.7. The third-order valence-corrected chi connectivity index (χ3v) is 2.65. The van der Waals surface area contributed by atoms with Gasteiger partial charge in [0.1, 0.15) is 6.20 Å². The van der Waals surface area contributed by atoms with Gasteiger partial charge in [-0.2, -0.15) is 5.10 Å². The van der Waals surface area contributed by atoms with Gasteiger partial charge in [0.15, 0.2) is 0 Å². The fourth-order valence-electron chi connectivity index (χ4n) is 0.937. The van der Waals surface area contributed by atoms with Crippen molar-refractivity contribution in [2.45, 2.75) is 26.7 Å². The molecule has 0 saturated heterocycles. The Morgan fingerprint density at radius 2 is 2.33 bits per heavy atom. The van der Waals surface area contributed by atoms with Crippen molar-refractivity contribution < 1.29 is 4.92 Å². The minimum Gasteiger partial charge on any atom is -0.257 e. The summed E-state index contributed by atoms with van der Waals surface area (Å²) >= 11 is 0.976. The summed E-state index contributed by atoms with van der Waals surface area (Å²) in [6.07, 6.45) is 2.94. The van der Waals surface area contributed by atoms with Crippen LogP contribution in [0, 0.1) is 10.1 Å². The van der Waals surface area contributed by atoms with Crippen LogP contribution >= 0.6 is 11.3 Å². The highest BCUT2D eigenvalue weighted by molar-refractivity contribution is 7.18. The van der Waals surface area contributed by atoms with E-state index >= 15 is 0 Å². The number of aromatic nitrogens is 1. The average molecular weight is 228 g/mol. The molecule has 0 aliphatic heterocycles. The molecule has 82 valence electrons. The standard InChI is InChI=1S/C8H12N4O2S/c1-3-6(4-2)10-11-8-9-5-7(15-8)12(13)14/h5H,3-4H2,1-2H3,(H,9,11). The molecule has 0 unspecified atom stereocenters. The van der Waals surface area contributed by atoms with E-state index in [2.05, 4.69) is 15.5 Å². The number of hydrogen-bond acceptors (Lipinski definition) is 6. The summed E-state index contributed by atoms with van der Waals surface area (Å²) in [5.41, 5.74) is 3.72. The summed E-state index contributed by atoms with van der Waals surface area (Å²) in [6, 6.07) is 0. The lowest BCUT2D eigenvalue weighted by Gasteiger charge is -1.98. The zero-order valence-electron chi connectivity index (χ0n) is 8.56. The Balaban J connectivity index is 2.65. The molecule has 0 aliphatic rings. The monoisotopic (exact) mass is 228 g/mol. The first-order chi connectivity index (χ1) is 7.17. The lowest BCUT2D eigenvalue weighted by Crippen LogP contribution is -1.98. The van der Waals surface area contributed by atoms with Crippen molar-refractivity contribution in [1.82, 2.24) is 4.98 Å². The molecule has 1 rings (SSSR count). The smallest absolute Gasteiger partial charge is 0.257 e. The van der Waals surface area contributed by atoms with E-state index in [-0.39, 0.29) is 5.00 Å². The molecule has 0 spiro atoms. The molecule has 6 nitrogen and oxygen atoms in total. The zero-order valence-corrected chi connectivity index (χ0v) is 9.37. The molecular formula is C8H12N4O2S. The molecule has 0 aliphatic carbocycles. The van der Waals surface area contributed by atoms with E-state index in [0.717, 1.165) is 29.9 Å². The topological polar surface area (TPSA) is 80.4 Å². The third-order valence-electron chi connectivity index (χ3n) is 1.80. The van der Waals surface area contributed by atoms with Crippen LogP contribution in [0.25, 0.3) is 0 Å². The minimum atomic E-state index is -0.465. The van der Waals surface area contributed by atoms with Gasteiger partial charge in [0.25, 0.3) is 0 Å². The largest absolute Gasteiger partial charge is 0.345 e. The van der Waals surface area contributed by atoms with E-state index in [0.29, 0.717) is 5.13 Å². The molecule has 1 aromatic heterocycles. The number of nitro groups is 1. The normalized spacial score (nSPS) is 9.73. The molecule has 1 N–H and O–H groups in total. The number of hydrazone groups is 1. The fraction of sp³-hybridized carbons (Fsp3) is 0.500. The van der Waals surface area contributed by atoms with Gasteiger partial charge >= 0.3 is 5.00 Å². The van der Waals surface area contributed by atoms with E-state index in [1.165, 1.54) is 6.20 Å². The highest BCUT2D eigenvalue weighted by Crippen LogP contribution is 2.24. The number of nitrogens with zero attached hydrogens (tertiary/aromatic N) is 3. The fourth-order valence-corrected chi connectivity index (χ4v) is 1.51. The Labute approximate surface area is 91.2 Å². The Bertz CT molecular complexity index is 368. The Hall–Kier alpha value is -1.50. The molecule has 15 heavy (non-hydrogen) atoms. The molecule has 0 radical (unpaired) electrons. The van der Waals surface area contributed by atoms with Crippen LogP contribution in [0.4, 0.5) is 10.1 Å². The number of nitrogens with one attached hydrogen (secondary N) is 1. The highest BCUT2D eigenvalue weighted by Gasteiger charge is 2.10. The van der Waals surface area contributed by atoms with Crippen molar-refractivity contribution in [3.63, 3.8) is 0 Å². The predicted octanol–water partition coefficient (Wildman–Crippen LogP) is 2.64. The summed E-state index contributed by atoms with van der Waals surface area (Å²) in [5.74, 6) is 0. The maximum absolute atomic E-state index is 10.4. The predicted molar refractivity (Wildman–Crippen MR) is 60.4 cm³/mol. The molecule has 0 bridgehead atoms. The van der Waals surface area contributed by atoms with Crippen LogP contribution in [-0.4, -0.2) is 15.6 Å².